The molecule has 0 spiro atoms. The summed E-state index contributed by atoms with van der Waals surface area (Å²) in [5.41, 5.74) is 1.97. The van der Waals surface area contributed by atoms with Crippen LogP contribution in [0.1, 0.15) is 11.1 Å². The first-order chi connectivity index (χ1) is 10.4. The Bertz CT molecular complexity index is 613. The minimum atomic E-state index is -1.46. The van der Waals surface area contributed by atoms with Gasteiger partial charge in [0.05, 0.1) is 0 Å². The fraction of sp³-hybridized carbons (Fsp3) is 0.125. The molecule has 2 aromatic rings. The minimum absolute atomic E-state index is 0.661. The molecule has 0 amide bonds. The molecular weight excluding hydrogens is 371 g/mol. The first-order valence-corrected chi connectivity index (χ1v) is 9.03. The SMILES string of the molecule is C1=NCCN=Cc2ccccc2[O][Sn][O]c2ccccc21. The third kappa shape index (κ3) is 3.84. The Morgan fingerprint density at radius 3 is 1.71 bits per heavy atom. The van der Waals surface area contributed by atoms with Crippen LogP contribution in [0.5, 0.6) is 11.5 Å². The molecule has 5 heteroatoms. The zero-order chi connectivity index (χ0) is 14.3. The molecule has 0 bridgehead atoms. The van der Waals surface area contributed by atoms with E-state index in [9.17, 15) is 0 Å². The molecule has 104 valence electrons. The number of hydrogen-bond donors (Lipinski definition) is 0. The van der Waals surface area contributed by atoms with Crippen LogP contribution in [-0.2, 0) is 0 Å². The molecule has 0 fully saturated rings. The second kappa shape index (κ2) is 7.26. The van der Waals surface area contributed by atoms with Crippen LogP contribution in [0, 0.1) is 0 Å². The van der Waals surface area contributed by atoms with Crippen molar-refractivity contribution in [3.63, 3.8) is 0 Å². The van der Waals surface area contributed by atoms with Gasteiger partial charge in [0.15, 0.2) is 0 Å². The van der Waals surface area contributed by atoms with Gasteiger partial charge in [0.2, 0.25) is 0 Å². The van der Waals surface area contributed by atoms with Crippen molar-refractivity contribution in [1.82, 2.24) is 0 Å². The summed E-state index contributed by atoms with van der Waals surface area (Å²) in [6.45, 7) is 1.32. The average Bonchev–Trinajstić information content (AvgIpc) is 2.54. The second-order valence-electron chi connectivity index (χ2n) is 4.43. The van der Waals surface area contributed by atoms with Crippen LogP contribution in [0.4, 0.5) is 0 Å². The van der Waals surface area contributed by atoms with Crippen molar-refractivity contribution < 1.29 is 6.15 Å². The standard InChI is InChI=1S/C16H16N2O2.Sn/c19-15-7-3-1-5-13(15)11-17-9-10-18-12-14-6-2-4-8-16(14)20;/h1-8,11-12,19-20H,9-10H2;/q;+2/p-2. The maximum atomic E-state index is 5.87. The van der Waals surface area contributed by atoms with Gasteiger partial charge in [-0.05, 0) is 0 Å². The van der Waals surface area contributed by atoms with Crippen LogP contribution in [0.3, 0.4) is 0 Å². The number of rotatable bonds is 0. The quantitative estimate of drug-likeness (QED) is 0.655. The van der Waals surface area contributed by atoms with E-state index in [0.29, 0.717) is 13.1 Å². The molecule has 3 rings (SSSR count). The van der Waals surface area contributed by atoms with Crippen molar-refractivity contribution in [2.24, 2.45) is 9.98 Å². The number of fused-ring (bicyclic) bond motifs is 2. The molecule has 2 radical (unpaired) electrons. The number of aliphatic imine (C=N–C) groups is 2. The van der Waals surface area contributed by atoms with Crippen LogP contribution in [0.15, 0.2) is 58.5 Å². The average molecular weight is 385 g/mol. The van der Waals surface area contributed by atoms with Crippen LogP contribution in [0.2, 0.25) is 0 Å². The Hall–Kier alpha value is -1.82. The number of hydrogen-bond acceptors (Lipinski definition) is 4. The van der Waals surface area contributed by atoms with E-state index in [-0.39, 0.29) is 0 Å². The van der Waals surface area contributed by atoms with Gasteiger partial charge in [-0.2, -0.15) is 0 Å². The van der Waals surface area contributed by atoms with Crippen LogP contribution < -0.4 is 6.15 Å². The first-order valence-electron chi connectivity index (χ1n) is 6.70. The van der Waals surface area contributed by atoms with Gasteiger partial charge in [0.25, 0.3) is 0 Å². The van der Waals surface area contributed by atoms with Gasteiger partial charge >= 0.3 is 135 Å². The Labute approximate surface area is 134 Å². The van der Waals surface area contributed by atoms with Crippen LogP contribution in [0.25, 0.3) is 0 Å². The van der Waals surface area contributed by atoms with Crippen molar-refractivity contribution in [1.29, 1.82) is 0 Å². The van der Waals surface area contributed by atoms with E-state index in [0.717, 1.165) is 22.6 Å². The van der Waals surface area contributed by atoms with E-state index in [1.807, 2.05) is 61.0 Å². The summed E-state index contributed by atoms with van der Waals surface area (Å²) in [6, 6.07) is 15.8. The summed E-state index contributed by atoms with van der Waals surface area (Å²) in [7, 11) is 0. The second-order valence-corrected chi connectivity index (χ2v) is 6.07. The van der Waals surface area contributed by atoms with E-state index in [1.54, 1.807) is 0 Å². The zero-order valence-corrected chi connectivity index (χ0v) is 14.3. The number of nitrogens with zero attached hydrogens (tertiary/aromatic N) is 2. The topological polar surface area (TPSA) is 43.2 Å². The Morgan fingerprint density at radius 1 is 0.714 bits per heavy atom. The summed E-state index contributed by atoms with van der Waals surface area (Å²) < 4.78 is 11.7. The monoisotopic (exact) mass is 386 g/mol. The van der Waals surface area contributed by atoms with Crippen molar-refractivity contribution in [2.75, 3.05) is 13.1 Å². The summed E-state index contributed by atoms with van der Waals surface area (Å²) in [4.78, 5) is 8.78. The third-order valence-corrected chi connectivity index (χ3v) is 4.69. The zero-order valence-electron chi connectivity index (χ0n) is 11.4. The molecule has 0 aliphatic carbocycles. The van der Waals surface area contributed by atoms with Crippen LogP contribution >= 0.6 is 0 Å². The van der Waals surface area contributed by atoms with E-state index in [4.69, 9.17) is 6.15 Å². The fourth-order valence-electron chi connectivity index (χ4n) is 1.91. The van der Waals surface area contributed by atoms with Gasteiger partial charge < -0.3 is 0 Å². The molecule has 0 aromatic heterocycles. The van der Waals surface area contributed by atoms with E-state index >= 15 is 0 Å². The predicted octanol–water partition coefficient (Wildman–Crippen LogP) is 2.53. The number of para-hydroxylation sites is 2. The molecule has 0 unspecified atom stereocenters. The fourth-order valence-corrected chi connectivity index (χ4v) is 3.60. The van der Waals surface area contributed by atoms with Gasteiger partial charge in [-0.25, -0.2) is 0 Å². The van der Waals surface area contributed by atoms with Crippen molar-refractivity contribution in [3.05, 3.63) is 59.7 Å². The molecule has 1 aliphatic heterocycles. The molecule has 0 saturated carbocycles. The van der Waals surface area contributed by atoms with Gasteiger partial charge in [-0.3, -0.25) is 0 Å². The molecule has 1 aliphatic rings. The molecule has 4 nitrogen and oxygen atoms in total. The van der Waals surface area contributed by atoms with Gasteiger partial charge in [-0.1, -0.05) is 0 Å². The van der Waals surface area contributed by atoms with Crippen molar-refractivity contribution >= 4 is 34.4 Å². The summed E-state index contributed by atoms with van der Waals surface area (Å²) in [5, 5.41) is 0. The molecule has 0 N–H and O–H groups in total. The molecular formula is C16H14N2O2Sn. The van der Waals surface area contributed by atoms with E-state index in [1.165, 1.54) is 0 Å². The summed E-state index contributed by atoms with van der Waals surface area (Å²) in [6.07, 6.45) is 3.69. The van der Waals surface area contributed by atoms with E-state index < -0.39 is 22.0 Å². The van der Waals surface area contributed by atoms with Gasteiger partial charge in [0, 0.05) is 0 Å². The molecule has 2 aromatic carbocycles. The van der Waals surface area contributed by atoms with Gasteiger partial charge in [-0.15, -0.1) is 0 Å². The predicted molar refractivity (Wildman–Crippen MR) is 84.8 cm³/mol. The molecule has 1 heterocycles. The Kier molecular flexibility index (Phi) is 4.89. The van der Waals surface area contributed by atoms with E-state index in [2.05, 4.69) is 9.98 Å². The van der Waals surface area contributed by atoms with Crippen LogP contribution in [-0.4, -0.2) is 47.5 Å². The van der Waals surface area contributed by atoms with Crippen molar-refractivity contribution in [3.8, 4) is 11.5 Å². The maximum absolute atomic E-state index is 5.87. The molecule has 0 saturated heterocycles. The molecule has 0 atom stereocenters. The molecule has 21 heavy (non-hydrogen) atoms. The third-order valence-electron chi connectivity index (χ3n) is 2.96. The Balaban J connectivity index is 1.86. The Morgan fingerprint density at radius 2 is 1.19 bits per heavy atom. The summed E-state index contributed by atoms with van der Waals surface area (Å²) >= 11 is -1.46. The number of benzene rings is 2. The summed E-state index contributed by atoms with van der Waals surface area (Å²) in [5.74, 6) is 1.68. The first kappa shape index (κ1) is 14.1. The van der Waals surface area contributed by atoms with Gasteiger partial charge in [0.1, 0.15) is 0 Å². The normalized spacial score (nSPS) is 14.5. The van der Waals surface area contributed by atoms with Crippen molar-refractivity contribution in [2.45, 2.75) is 0 Å².